The maximum absolute atomic E-state index is 14.0. The van der Waals surface area contributed by atoms with Crippen LogP contribution in [0.5, 0.6) is 0 Å². The van der Waals surface area contributed by atoms with Gasteiger partial charge in [0.15, 0.2) is 0 Å². The first kappa shape index (κ1) is 24.9. The number of primary amides is 1. The summed E-state index contributed by atoms with van der Waals surface area (Å²) in [5, 5.41) is 19.1. The SMILES string of the molecule is [B]c1ccc(N2CCN(C(=O)N3N=CCC3c3cc(F)cc(C#N)c3)CC2)nc1-c1ccn(CC(N)=O)n1. The Morgan fingerprint density at radius 1 is 1.16 bits per heavy atom. The molecule has 1 unspecified atom stereocenters. The van der Waals surface area contributed by atoms with E-state index in [9.17, 15) is 19.2 Å². The Balaban J connectivity index is 1.26. The van der Waals surface area contributed by atoms with Gasteiger partial charge in [-0.25, -0.2) is 19.2 Å². The van der Waals surface area contributed by atoms with E-state index in [1.165, 1.54) is 15.8 Å². The van der Waals surface area contributed by atoms with E-state index in [4.69, 9.17) is 18.6 Å². The number of rotatable bonds is 5. The highest BCUT2D eigenvalue weighted by Gasteiger charge is 2.33. The second kappa shape index (κ2) is 10.3. The number of hydrogen-bond donors (Lipinski definition) is 1. The zero-order chi connectivity index (χ0) is 26.8. The largest absolute Gasteiger partial charge is 0.368 e. The van der Waals surface area contributed by atoms with Crippen LogP contribution in [-0.4, -0.2) is 76.9 Å². The molecule has 1 saturated heterocycles. The Morgan fingerprint density at radius 2 is 1.95 bits per heavy atom. The summed E-state index contributed by atoms with van der Waals surface area (Å²) in [6.45, 7) is 1.87. The summed E-state index contributed by atoms with van der Waals surface area (Å²) in [7, 11) is 6.15. The van der Waals surface area contributed by atoms with Gasteiger partial charge in [-0.05, 0) is 35.9 Å². The van der Waals surface area contributed by atoms with E-state index < -0.39 is 17.8 Å². The lowest BCUT2D eigenvalue weighted by atomic mass is 9.93. The fourth-order valence-electron chi connectivity index (χ4n) is 4.59. The molecule has 5 rings (SSSR count). The average Bonchev–Trinajstić information content (AvgIpc) is 3.58. The van der Waals surface area contributed by atoms with Crippen LogP contribution in [0.15, 0.2) is 47.7 Å². The van der Waals surface area contributed by atoms with Crippen molar-refractivity contribution in [3.05, 3.63) is 59.5 Å². The maximum Gasteiger partial charge on any atom is 0.341 e. The normalized spacial score (nSPS) is 17.1. The average molecular weight is 511 g/mol. The molecule has 0 saturated carbocycles. The minimum Gasteiger partial charge on any atom is -0.368 e. The number of carbonyl (C=O) groups excluding carboxylic acids is 2. The fourth-order valence-corrected chi connectivity index (χ4v) is 4.59. The van der Waals surface area contributed by atoms with E-state index in [2.05, 4.69) is 10.2 Å². The number of nitrogens with zero attached hydrogens (tertiary/aromatic N) is 8. The van der Waals surface area contributed by atoms with Gasteiger partial charge in [0.25, 0.3) is 0 Å². The first-order valence-corrected chi connectivity index (χ1v) is 12.0. The summed E-state index contributed by atoms with van der Waals surface area (Å²) >= 11 is 0. The number of halogens is 1. The summed E-state index contributed by atoms with van der Waals surface area (Å²) in [6, 6.07) is 10.6. The number of benzene rings is 1. The van der Waals surface area contributed by atoms with Crippen molar-refractivity contribution >= 4 is 37.3 Å². The molecule has 190 valence electrons. The fraction of sp³-hybridized carbons (Fsp3) is 0.280. The topological polar surface area (TPSA) is 137 Å². The van der Waals surface area contributed by atoms with Gasteiger partial charge >= 0.3 is 6.03 Å². The van der Waals surface area contributed by atoms with Crippen molar-refractivity contribution < 1.29 is 14.0 Å². The Morgan fingerprint density at radius 3 is 2.68 bits per heavy atom. The monoisotopic (exact) mass is 511 g/mol. The van der Waals surface area contributed by atoms with Crippen molar-refractivity contribution in [1.29, 1.82) is 5.26 Å². The first-order valence-electron chi connectivity index (χ1n) is 12.0. The molecule has 0 aliphatic carbocycles. The number of pyridine rings is 1. The molecule has 2 radical (unpaired) electrons. The number of nitriles is 1. The van der Waals surface area contributed by atoms with E-state index in [0.29, 0.717) is 60.8 Å². The number of amides is 3. The highest BCUT2D eigenvalue weighted by Crippen LogP contribution is 2.31. The van der Waals surface area contributed by atoms with Crippen molar-refractivity contribution in [2.45, 2.75) is 19.0 Å². The molecule has 2 aliphatic heterocycles. The lowest BCUT2D eigenvalue weighted by molar-refractivity contribution is -0.118. The number of nitrogens with two attached hydrogens (primary N) is 1. The van der Waals surface area contributed by atoms with Crippen molar-refractivity contribution in [1.82, 2.24) is 24.7 Å². The van der Waals surface area contributed by atoms with Crippen LogP contribution in [0.25, 0.3) is 11.4 Å². The van der Waals surface area contributed by atoms with Crippen molar-refractivity contribution in [3.8, 4) is 17.5 Å². The van der Waals surface area contributed by atoms with E-state index in [-0.39, 0.29) is 18.1 Å². The molecule has 2 aliphatic rings. The van der Waals surface area contributed by atoms with E-state index >= 15 is 0 Å². The third-order valence-corrected chi connectivity index (χ3v) is 6.45. The Kier molecular flexibility index (Phi) is 6.78. The molecule has 3 aromatic rings. The predicted molar refractivity (Wildman–Crippen MR) is 138 cm³/mol. The van der Waals surface area contributed by atoms with Gasteiger partial charge in [0.2, 0.25) is 5.91 Å². The van der Waals surface area contributed by atoms with E-state index in [1.807, 2.05) is 17.0 Å². The van der Waals surface area contributed by atoms with Crippen LogP contribution in [0.2, 0.25) is 0 Å². The highest BCUT2D eigenvalue weighted by atomic mass is 19.1. The van der Waals surface area contributed by atoms with Gasteiger partial charge in [0, 0.05) is 45.0 Å². The first-order chi connectivity index (χ1) is 18.3. The summed E-state index contributed by atoms with van der Waals surface area (Å²) in [5.41, 5.74) is 7.43. The van der Waals surface area contributed by atoms with Crippen LogP contribution in [0.4, 0.5) is 15.0 Å². The zero-order valence-electron chi connectivity index (χ0n) is 20.4. The molecule has 1 fully saturated rings. The quantitative estimate of drug-likeness (QED) is 0.506. The van der Waals surface area contributed by atoms with E-state index in [0.717, 1.165) is 6.07 Å². The second-order valence-electron chi connectivity index (χ2n) is 9.01. The van der Waals surface area contributed by atoms with Crippen molar-refractivity contribution in [2.75, 3.05) is 31.1 Å². The van der Waals surface area contributed by atoms with Gasteiger partial charge in [-0.1, -0.05) is 11.5 Å². The summed E-state index contributed by atoms with van der Waals surface area (Å²) in [6.07, 6.45) is 3.70. The van der Waals surface area contributed by atoms with Gasteiger partial charge in [-0.15, -0.1) is 0 Å². The van der Waals surface area contributed by atoms with Crippen LogP contribution in [-0.2, 0) is 11.3 Å². The van der Waals surface area contributed by atoms with Crippen LogP contribution >= 0.6 is 0 Å². The van der Waals surface area contributed by atoms with Crippen LogP contribution in [0.3, 0.4) is 0 Å². The zero-order valence-corrected chi connectivity index (χ0v) is 20.4. The predicted octanol–water partition coefficient (Wildman–Crippen LogP) is 0.910. The molecule has 13 heteroatoms. The summed E-state index contributed by atoms with van der Waals surface area (Å²) in [4.78, 5) is 32.9. The minimum absolute atomic E-state index is 0.0454. The molecule has 38 heavy (non-hydrogen) atoms. The molecular weight excluding hydrogens is 488 g/mol. The van der Waals surface area contributed by atoms with Gasteiger partial charge in [-0.2, -0.15) is 15.5 Å². The van der Waals surface area contributed by atoms with Gasteiger partial charge in [0.05, 0.1) is 23.4 Å². The molecule has 2 aromatic heterocycles. The Hall–Kier alpha value is -4.73. The molecular formula is C25H23BFN9O2. The van der Waals surface area contributed by atoms with Crippen LogP contribution in [0, 0.1) is 17.1 Å². The number of anilines is 1. The van der Waals surface area contributed by atoms with Gasteiger partial charge in [0.1, 0.15) is 31.7 Å². The van der Waals surface area contributed by atoms with Crippen LogP contribution in [0.1, 0.15) is 23.6 Å². The summed E-state index contributed by atoms with van der Waals surface area (Å²) in [5.74, 6) is -0.343. The van der Waals surface area contributed by atoms with Gasteiger partial charge in [-0.3, -0.25) is 9.48 Å². The number of carbonyl (C=O) groups is 2. The Bertz CT molecular complexity index is 1460. The van der Waals surface area contributed by atoms with Crippen LogP contribution < -0.4 is 16.1 Å². The molecule has 0 spiro atoms. The lowest BCUT2D eigenvalue weighted by Gasteiger charge is -2.37. The number of hydrogen-bond acceptors (Lipinski definition) is 7. The molecule has 4 heterocycles. The highest BCUT2D eigenvalue weighted by molar-refractivity contribution is 6.35. The van der Waals surface area contributed by atoms with Gasteiger partial charge < -0.3 is 15.5 Å². The smallest absolute Gasteiger partial charge is 0.341 e. The standard InChI is InChI=1S/C25H23BFN9O2/c26-19-1-2-23(31-24(19)20-4-6-35(32-20)15-22(29)37)33-7-9-34(10-8-33)25(38)36-21(3-5-30-36)17-11-16(14-28)12-18(27)13-17/h1-2,4-6,11-13,21H,3,7-10,15H2,(H2,29,37). The number of piperazine rings is 1. The third kappa shape index (κ3) is 5.06. The minimum atomic E-state index is -0.526. The summed E-state index contributed by atoms with van der Waals surface area (Å²) < 4.78 is 15.4. The number of urea groups is 1. The number of aromatic nitrogens is 3. The third-order valence-electron chi connectivity index (χ3n) is 6.45. The van der Waals surface area contributed by atoms with Crippen molar-refractivity contribution in [2.24, 2.45) is 10.8 Å². The molecule has 1 aromatic carbocycles. The lowest BCUT2D eigenvalue weighted by Crippen LogP contribution is -2.52. The second-order valence-corrected chi connectivity index (χ2v) is 9.01. The van der Waals surface area contributed by atoms with E-state index in [1.54, 1.807) is 35.5 Å². The molecule has 11 nitrogen and oxygen atoms in total. The molecule has 3 amide bonds. The maximum atomic E-state index is 14.0. The molecule has 0 bridgehead atoms. The number of hydrazone groups is 1. The molecule has 1 atom stereocenters. The van der Waals surface area contributed by atoms with Crippen molar-refractivity contribution in [3.63, 3.8) is 0 Å². The Labute approximate surface area is 219 Å². The molecule has 2 N–H and O–H groups in total.